The van der Waals surface area contributed by atoms with Crippen LogP contribution in [0.2, 0.25) is 10.0 Å². The Labute approximate surface area is 143 Å². The second-order valence-corrected chi connectivity index (χ2v) is 5.57. The Morgan fingerprint density at radius 1 is 1.13 bits per heavy atom. The lowest BCUT2D eigenvalue weighted by atomic mass is 10.2. The van der Waals surface area contributed by atoms with Crippen molar-refractivity contribution in [3.05, 3.63) is 69.3 Å². The standard InChI is InChI=1S/C17H11Cl2NO3/c1-22-13-6-3-10(4-7-13)16-20-15(17(21)23-16)8-11-2-5-12(18)9-14(11)19/h2-9H,1H3/b15-8-. The van der Waals surface area contributed by atoms with Gasteiger partial charge in [0.25, 0.3) is 0 Å². The zero-order chi connectivity index (χ0) is 16.4. The first kappa shape index (κ1) is 15.6. The highest BCUT2D eigenvalue weighted by Gasteiger charge is 2.24. The van der Waals surface area contributed by atoms with E-state index in [0.717, 1.165) is 0 Å². The highest BCUT2D eigenvalue weighted by atomic mass is 35.5. The number of methoxy groups -OCH3 is 1. The van der Waals surface area contributed by atoms with Gasteiger partial charge in [0.1, 0.15) is 5.75 Å². The highest BCUT2D eigenvalue weighted by Crippen LogP contribution is 2.26. The van der Waals surface area contributed by atoms with Crippen LogP contribution in [-0.2, 0) is 9.53 Å². The lowest BCUT2D eigenvalue weighted by molar-refractivity contribution is -0.129. The summed E-state index contributed by atoms with van der Waals surface area (Å²) in [5.74, 6) is 0.429. The van der Waals surface area contributed by atoms with Gasteiger partial charge in [-0.05, 0) is 48.0 Å². The lowest BCUT2D eigenvalue weighted by Crippen LogP contribution is -2.05. The molecule has 6 heteroatoms. The maximum Gasteiger partial charge on any atom is 0.363 e. The topological polar surface area (TPSA) is 47.9 Å². The third-order valence-electron chi connectivity index (χ3n) is 3.21. The summed E-state index contributed by atoms with van der Waals surface area (Å²) in [5.41, 5.74) is 1.51. The second kappa shape index (κ2) is 6.44. The Kier molecular flexibility index (Phi) is 4.37. The van der Waals surface area contributed by atoms with Crippen molar-refractivity contribution in [2.24, 2.45) is 4.99 Å². The number of hydrogen-bond donors (Lipinski definition) is 0. The summed E-state index contributed by atoms with van der Waals surface area (Å²) in [7, 11) is 1.58. The summed E-state index contributed by atoms with van der Waals surface area (Å²) in [6.07, 6.45) is 1.57. The first-order valence-corrected chi connectivity index (χ1v) is 7.44. The molecule has 0 aromatic heterocycles. The number of ether oxygens (including phenoxy) is 2. The van der Waals surface area contributed by atoms with E-state index in [1.54, 1.807) is 55.7 Å². The molecule has 0 bridgehead atoms. The van der Waals surface area contributed by atoms with Gasteiger partial charge in [-0.15, -0.1) is 0 Å². The number of nitrogens with zero attached hydrogens (tertiary/aromatic N) is 1. The van der Waals surface area contributed by atoms with Gasteiger partial charge >= 0.3 is 5.97 Å². The van der Waals surface area contributed by atoms with E-state index in [-0.39, 0.29) is 11.6 Å². The summed E-state index contributed by atoms with van der Waals surface area (Å²) >= 11 is 12.0. The van der Waals surface area contributed by atoms with Gasteiger partial charge in [0.15, 0.2) is 5.70 Å². The average Bonchev–Trinajstić information content (AvgIpc) is 2.91. The molecule has 2 aromatic rings. The minimum absolute atomic E-state index is 0.181. The van der Waals surface area contributed by atoms with E-state index in [1.165, 1.54) is 0 Å². The van der Waals surface area contributed by atoms with Crippen LogP contribution in [0.15, 0.2) is 53.2 Å². The van der Waals surface area contributed by atoms with Crippen LogP contribution in [0.1, 0.15) is 11.1 Å². The highest BCUT2D eigenvalue weighted by molar-refractivity contribution is 6.35. The molecule has 23 heavy (non-hydrogen) atoms. The van der Waals surface area contributed by atoms with Crippen LogP contribution in [0.5, 0.6) is 5.75 Å². The zero-order valence-electron chi connectivity index (χ0n) is 12.0. The molecule has 116 valence electrons. The molecule has 0 N–H and O–H groups in total. The van der Waals surface area contributed by atoms with Crippen molar-refractivity contribution in [1.29, 1.82) is 0 Å². The predicted molar refractivity (Wildman–Crippen MR) is 90.1 cm³/mol. The van der Waals surface area contributed by atoms with Crippen LogP contribution < -0.4 is 4.74 Å². The van der Waals surface area contributed by atoms with E-state index >= 15 is 0 Å². The van der Waals surface area contributed by atoms with Gasteiger partial charge in [-0.25, -0.2) is 9.79 Å². The first-order chi connectivity index (χ1) is 11.1. The van der Waals surface area contributed by atoms with Gasteiger partial charge in [0, 0.05) is 15.6 Å². The molecule has 0 radical (unpaired) electrons. The Hall–Kier alpha value is -2.30. The third kappa shape index (κ3) is 3.38. The Morgan fingerprint density at radius 3 is 2.52 bits per heavy atom. The van der Waals surface area contributed by atoms with Gasteiger partial charge in [0.2, 0.25) is 5.90 Å². The van der Waals surface area contributed by atoms with E-state index in [2.05, 4.69) is 4.99 Å². The number of rotatable bonds is 3. The third-order valence-corrected chi connectivity index (χ3v) is 3.77. The molecule has 0 aliphatic carbocycles. The molecule has 0 fully saturated rings. The van der Waals surface area contributed by atoms with Crippen molar-refractivity contribution in [2.45, 2.75) is 0 Å². The summed E-state index contributed by atoms with van der Waals surface area (Å²) in [6.45, 7) is 0. The molecule has 0 unspecified atom stereocenters. The molecule has 4 nitrogen and oxygen atoms in total. The van der Waals surface area contributed by atoms with Gasteiger partial charge in [-0.3, -0.25) is 0 Å². The van der Waals surface area contributed by atoms with Gasteiger partial charge in [-0.2, -0.15) is 0 Å². The van der Waals surface area contributed by atoms with E-state index in [9.17, 15) is 4.79 Å². The molecule has 0 spiro atoms. The molecule has 0 atom stereocenters. The molecular weight excluding hydrogens is 337 g/mol. The predicted octanol–water partition coefficient (Wildman–Crippen LogP) is 4.35. The van der Waals surface area contributed by atoms with E-state index < -0.39 is 5.97 Å². The van der Waals surface area contributed by atoms with E-state index in [1.807, 2.05) is 0 Å². The second-order valence-electron chi connectivity index (χ2n) is 4.73. The van der Waals surface area contributed by atoms with Crippen LogP contribution in [0, 0.1) is 0 Å². The summed E-state index contributed by atoms with van der Waals surface area (Å²) in [4.78, 5) is 16.2. The fourth-order valence-corrected chi connectivity index (χ4v) is 2.50. The quantitative estimate of drug-likeness (QED) is 0.612. The lowest BCUT2D eigenvalue weighted by Gasteiger charge is -2.01. The Morgan fingerprint density at radius 2 is 1.87 bits per heavy atom. The number of hydrogen-bond acceptors (Lipinski definition) is 4. The molecule has 2 aromatic carbocycles. The largest absolute Gasteiger partial charge is 0.497 e. The van der Waals surface area contributed by atoms with Gasteiger partial charge in [0.05, 0.1) is 7.11 Å². The molecular formula is C17H11Cl2NO3. The van der Waals surface area contributed by atoms with Crippen LogP contribution in [0.3, 0.4) is 0 Å². The molecule has 0 saturated heterocycles. The average molecular weight is 348 g/mol. The van der Waals surface area contributed by atoms with Gasteiger partial charge < -0.3 is 9.47 Å². The fourth-order valence-electron chi connectivity index (χ4n) is 2.03. The van der Waals surface area contributed by atoms with Crippen molar-refractivity contribution in [1.82, 2.24) is 0 Å². The van der Waals surface area contributed by atoms with Crippen LogP contribution in [0.4, 0.5) is 0 Å². The maximum absolute atomic E-state index is 12.0. The van der Waals surface area contributed by atoms with E-state index in [0.29, 0.717) is 26.9 Å². The Bertz CT molecular complexity index is 826. The molecule has 0 amide bonds. The summed E-state index contributed by atoms with van der Waals surface area (Å²) in [5, 5.41) is 0.958. The summed E-state index contributed by atoms with van der Waals surface area (Å²) < 4.78 is 10.3. The Balaban J connectivity index is 1.92. The number of carbonyl (C=O) groups is 1. The zero-order valence-corrected chi connectivity index (χ0v) is 13.6. The number of halogens is 2. The first-order valence-electron chi connectivity index (χ1n) is 6.69. The fraction of sp³-hybridized carbons (Fsp3) is 0.0588. The number of benzene rings is 2. The molecule has 3 rings (SSSR count). The SMILES string of the molecule is COc1ccc(C2=N/C(=C\c3ccc(Cl)cc3Cl)C(=O)O2)cc1. The van der Waals surface area contributed by atoms with E-state index in [4.69, 9.17) is 32.7 Å². The monoisotopic (exact) mass is 347 g/mol. The molecule has 1 aliphatic heterocycles. The van der Waals surface area contributed by atoms with Crippen LogP contribution in [-0.4, -0.2) is 19.0 Å². The summed E-state index contributed by atoms with van der Waals surface area (Å²) in [6, 6.07) is 12.1. The smallest absolute Gasteiger partial charge is 0.363 e. The van der Waals surface area contributed by atoms with Crippen molar-refractivity contribution in [3.8, 4) is 5.75 Å². The number of cyclic esters (lactones) is 1. The number of carbonyl (C=O) groups excluding carboxylic acids is 1. The van der Waals surface area contributed by atoms with Crippen LogP contribution >= 0.6 is 23.2 Å². The van der Waals surface area contributed by atoms with Crippen LogP contribution in [0.25, 0.3) is 6.08 Å². The van der Waals surface area contributed by atoms with Crippen molar-refractivity contribution < 1.29 is 14.3 Å². The molecule has 1 aliphatic rings. The minimum atomic E-state index is -0.526. The molecule has 0 saturated carbocycles. The number of esters is 1. The van der Waals surface area contributed by atoms with Crippen molar-refractivity contribution in [2.75, 3.05) is 7.11 Å². The normalized spacial score (nSPS) is 15.5. The maximum atomic E-state index is 12.0. The van der Waals surface area contributed by atoms with Gasteiger partial charge in [-0.1, -0.05) is 29.3 Å². The molecule has 1 heterocycles. The van der Waals surface area contributed by atoms with Crippen molar-refractivity contribution >= 4 is 41.1 Å². The number of aliphatic imine (C=N–C) groups is 1. The van der Waals surface area contributed by atoms with Crippen molar-refractivity contribution in [3.63, 3.8) is 0 Å². The minimum Gasteiger partial charge on any atom is -0.497 e.